The van der Waals surface area contributed by atoms with Crippen LogP contribution >= 0.6 is 0 Å². The van der Waals surface area contributed by atoms with Crippen molar-refractivity contribution in [1.82, 2.24) is 10.2 Å². The van der Waals surface area contributed by atoms with Gasteiger partial charge < -0.3 is 5.32 Å². The Bertz CT molecular complexity index is 237. The fourth-order valence-electron chi connectivity index (χ4n) is 3.39. The zero-order valence-electron chi connectivity index (χ0n) is 10.6. The van der Waals surface area contributed by atoms with Crippen LogP contribution in [0.3, 0.4) is 0 Å². The highest BCUT2D eigenvalue weighted by atomic mass is 15.2. The molecule has 0 spiro atoms. The van der Waals surface area contributed by atoms with Gasteiger partial charge in [0.2, 0.25) is 0 Å². The van der Waals surface area contributed by atoms with E-state index in [1.54, 1.807) is 0 Å². The molecule has 1 saturated heterocycles. The largest absolute Gasteiger partial charge is 0.310 e. The van der Waals surface area contributed by atoms with Gasteiger partial charge in [-0.2, -0.15) is 0 Å². The number of nitrogens with zero attached hydrogens (tertiary/aromatic N) is 1. The third kappa shape index (κ3) is 2.60. The van der Waals surface area contributed by atoms with Crippen LogP contribution in [0.15, 0.2) is 0 Å². The molecule has 3 aliphatic rings. The maximum Gasteiger partial charge on any atom is 0.0198 e. The van der Waals surface area contributed by atoms with Crippen LogP contribution < -0.4 is 5.32 Å². The Morgan fingerprint density at radius 2 is 2.06 bits per heavy atom. The normalized spacial score (nSPS) is 39.9. The second-order valence-electron chi connectivity index (χ2n) is 6.13. The first-order valence-electron chi connectivity index (χ1n) is 7.37. The number of piperidine rings is 1. The van der Waals surface area contributed by atoms with E-state index in [1.165, 1.54) is 58.0 Å². The van der Waals surface area contributed by atoms with Gasteiger partial charge in [0.05, 0.1) is 0 Å². The highest BCUT2D eigenvalue weighted by Crippen LogP contribution is 2.40. The molecule has 2 heteroatoms. The molecule has 0 aromatic carbocycles. The second-order valence-corrected chi connectivity index (χ2v) is 6.13. The first kappa shape index (κ1) is 11.0. The molecule has 3 unspecified atom stereocenters. The first-order chi connectivity index (χ1) is 7.86. The molecule has 0 amide bonds. The molecule has 16 heavy (non-hydrogen) atoms. The molecular formula is C14H26N2. The van der Waals surface area contributed by atoms with Gasteiger partial charge in [0, 0.05) is 24.7 Å². The Balaban J connectivity index is 1.45. The van der Waals surface area contributed by atoms with Crippen molar-refractivity contribution in [3.63, 3.8) is 0 Å². The van der Waals surface area contributed by atoms with Crippen LogP contribution in [0, 0.1) is 5.92 Å². The summed E-state index contributed by atoms with van der Waals surface area (Å²) in [7, 11) is 0. The number of rotatable bonds is 5. The summed E-state index contributed by atoms with van der Waals surface area (Å²) in [5.74, 6) is 1.05. The Hall–Kier alpha value is -0.0800. The van der Waals surface area contributed by atoms with Crippen LogP contribution in [-0.2, 0) is 0 Å². The second kappa shape index (κ2) is 4.66. The van der Waals surface area contributed by atoms with Crippen molar-refractivity contribution in [2.45, 2.75) is 70.0 Å². The van der Waals surface area contributed by atoms with E-state index in [-0.39, 0.29) is 0 Å². The molecule has 3 fully saturated rings. The molecule has 1 heterocycles. The third-order valence-electron chi connectivity index (χ3n) is 4.52. The fraction of sp³-hybridized carbons (Fsp3) is 1.00. The van der Waals surface area contributed by atoms with Crippen molar-refractivity contribution < 1.29 is 0 Å². The lowest BCUT2D eigenvalue weighted by atomic mass is 10.1. The summed E-state index contributed by atoms with van der Waals surface area (Å²) in [6, 6.07) is 2.66. The molecule has 1 N–H and O–H groups in total. The minimum absolute atomic E-state index is 0.809. The van der Waals surface area contributed by atoms with E-state index in [0.29, 0.717) is 0 Å². The van der Waals surface area contributed by atoms with Gasteiger partial charge in [-0.15, -0.1) is 0 Å². The molecule has 3 atom stereocenters. The maximum atomic E-state index is 3.81. The van der Waals surface area contributed by atoms with Gasteiger partial charge in [0.15, 0.2) is 0 Å². The van der Waals surface area contributed by atoms with Crippen molar-refractivity contribution in [2.75, 3.05) is 13.1 Å². The van der Waals surface area contributed by atoms with Crippen molar-refractivity contribution in [1.29, 1.82) is 0 Å². The topological polar surface area (TPSA) is 15.3 Å². The Morgan fingerprint density at radius 3 is 2.81 bits per heavy atom. The number of nitrogens with one attached hydrogen (secondary N) is 1. The van der Waals surface area contributed by atoms with Gasteiger partial charge in [-0.25, -0.2) is 0 Å². The van der Waals surface area contributed by atoms with Gasteiger partial charge in [0.25, 0.3) is 0 Å². The smallest absolute Gasteiger partial charge is 0.0198 e. The van der Waals surface area contributed by atoms with E-state index in [0.717, 1.165) is 24.0 Å². The van der Waals surface area contributed by atoms with E-state index < -0.39 is 0 Å². The summed E-state index contributed by atoms with van der Waals surface area (Å²) in [5, 5.41) is 3.81. The number of likely N-dealkylation sites (tertiary alicyclic amines) is 1. The van der Waals surface area contributed by atoms with Crippen LogP contribution in [0.25, 0.3) is 0 Å². The van der Waals surface area contributed by atoms with Crippen molar-refractivity contribution in [3.8, 4) is 0 Å². The molecule has 2 nitrogen and oxygen atoms in total. The van der Waals surface area contributed by atoms with E-state index in [9.17, 15) is 0 Å². The average molecular weight is 222 g/mol. The van der Waals surface area contributed by atoms with Gasteiger partial charge in [-0.1, -0.05) is 13.3 Å². The summed E-state index contributed by atoms with van der Waals surface area (Å²) >= 11 is 0. The molecule has 92 valence electrons. The lowest BCUT2D eigenvalue weighted by Crippen LogP contribution is -2.47. The quantitative estimate of drug-likeness (QED) is 0.768. The summed E-state index contributed by atoms with van der Waals surface area (Å²) in [5.41, 5.74) is 0. The first-order valence-corrected chi connectivity index (χ1v) is 7.37. The molecule has 0 aromatic heterocycles. The highest BCUT2D eigenvalue weighted by molar-refractivity contribution is 4.98. The lowest BCUT2D eigenvalue weighted by molar-refractivity contribution is 0.173. The van der Waals surface area contributed by atoms with Crippen LogP contribution in [-0.4, -0.2) is 36.1 Å². The Morgan fingerprint density at radius 1 is 1.19 bits per heavy atom. The number of hydrogen-bond acceptors (Lipinski definition) is 2. The van der Waals surface area contributed by atoms with Crippen LogP contribution in [0.1, 0.15) is 51.9 Å². The molecule has 1 aliphatic heterocycles. The van der Waals surface area contributed by atoms with E-state index in [4.69, 9.17) is 0 Å². The highest BCUT2D eigenvalue weighted by Gasteiger charge is 2.42. The lowest BCUT2D eigenvalue weighted by Gasteiger charge is -2.33. The standard InChI is InChI=1S/C14H26N2/c1-2-4-11-9-14(11)16-8-3-5-13(10-16)15-12-6-7-12/h11-15H,2-10H2,1H3. The Labute approximate surface area is 99.8 Å². The molecule has 0 radical (unpaired) electrons. The molecule has 2 aliphatic carbocycles. The summed E-state index contributed by atoms with van der Waals surface area (Å²) in [6.07, 6.45) is 10.0. The minimum Gasteiger partial charge on any atom is -0.310 e. The van der Waals surface area contributed by atoms with Gasteiger partial charge >= 0.3 is 0 Å². The summed E-state index contributed by atoms with van der Waals surface area (Å²) < 4.78 is 0. The van der Waals surface area contributed by atoms with Crippen molar-refractivity contribution >= 4 is 0 Å². The molecule has 2 saturated carbocycles. The SMILES string of the molecule is CCCC1CC1N1CCCC(NC2CC2)C1. The van der Waals surface area contributed by atoms with E-state index in [2.05, 4.69) is 17.1 Å². The Kier molecular flexibility index (Phi) is 3.21. The monoisotopic (exact) mass is 222 g/mol. The minimum atomic E-state index is 0.809. The van der Waals surface area contributed by atoms with Crippen LogP contribution in [0.4, 0.5) is 0 Å². The van der Waals surface area contributed by atoms with Crippen LogP contribution in [0.5, 0.6) is 0 Å². The fourth-order valence-corrected chi connectivity index (χ4v) is 3.39. The predicted molar refractivity (Wildman–Crippen MR) is 67.6 cm³/mol. The van der Waals surface area contributed by atoms with Gasteiger partial charge in [-0.3, -0.25) is 4.90 Å². The van der Waals surface area contributed by atoms with E-state index >= 15 is 0 Å². The molecular weight excluding hydrogens is 196 g/mol. The van der Waals surface area contributed by atoms with Crippen LogP contribution in [0.2, 0.25) is 0 Å². The maximum absolute atomic E-state index is 3.81. The molecule has 0 aromatic rings. The number of hydrogen-bond donors (Lipinski definition) is 1. The average Bonchev–Trinajstić information content (AvgIpc) is 3.15. The predicted octanol–water partition coefficient (Wildman–Crippen LogP) is 2.39. The zero-order chi connectivity index (χ0) is 11.0. The summed E-state index contributed by atoms with van der Waals surface area (Å²) in [4.78, 5) is 2.78. The van der Waals surface area contributed by atoms with Crippen molar-refractivity contribution in [2.24, 2.45) is 5.92 Å². The molecule has 0 bridgehead atoms. The third-order valence-corrected chi connectivity index (χ3v) is 4.52. The summed E-state index contributed by atoms with van der Waals surface area (Å²) in [6.45, 7) is 5.03. The zero-order valence-corrected chi connectivity index (χ0v) is 10.6. The van der Waals surface area contributed by atoms with Crippen molar-refractivity contribution in [3.05, 3.63) is 0 Å². The van der Waals surface area contributed by atoms with E-state index in [1.807, 2.05) is 0 Å². The molecule has 3 rings (SSSR count). The van der Waals surface area contributed by atoms with Gasteiger partial charge in [0.1, 0.15) is 0 Å². The van der Waals surface area contributed by atoms with Gasteiger partial charge in [-0.05, 0) is 51.0 Å².